The molecule has 0 fully saturated rings. The summed E-state index contributed by atoms with van der Waals surface area (Å²) >= 11 is 1.29. The standard InChI is InChI=1S/C14H15F2N3O2S.ClH/c1-8(9-4-2-3-5-11(9)21-14(15)16)18-13(20)10-7-22-12(6-17)19-10;/h2-5,7-8,14H,6,17H2,1H3,(H,18,20);1H. The van der Waals surface area contributed by atoms with Gasteiger partial charge in [0, 0.05) is 17.5 Å². The quantitative estimate of drug-likeness (QED) is 0.826. The lowest BCUT2D eigenvalue weighted by atomic mass is 10.1. The van der Waals surface area contributed by atoms with Crippen LogP contribution < -0.4 is 15.8 Å². The molecule has 23 heavy (non-hydrogen) atoms. The first-order valence-electron chi connectivity index (χ1n) is 6.50. The average Bonchev–Trinajstić information content (AvgIpc) is 2.96. The third kappa shape index (κ3) is 5.12. The number of hydrogen-bond acceptors (Lipinski definition) is 5. The summed E-state index contributed by atoms with van der Waals surface area (Å²) in [5, 5.41) is 4.96. The van der Waals surface area contributed by atoms with Crippen molar-refractivity contribution in [2.24, 2.45) is 5.73 Å². The molecular weight excluding hydrogens is 348 g/mol. The van der Waals surface area contributed by atoms with Gasteiger partial charge in [-0.05, 0) is 13.0 Å². The van der Waals surface area contributed by atoms with Crippen molar-refractivity contribution in [2.75, 3.05) is 0 Å². The van der Waals surface area contributed by atoms with Gasteiger partial charge in [-0.25, -0.2) is 4.98 Å². The number of alkyl halides is 2. The lowest BCUT2D eigenvalue weighted by Crippen LogP contribution is -2.27. The molecule has 0 bridgehead atoms. The smallest absolute Gasteiger partial charge is 0.387 e. The summed E-state index contributed by atoms with van der Waals surface area (Å²) in [4.78, 5) is 16.2. The number of para-hydroxylation sites is 1. The van der Waals surface area contributed by atoms with Crippen molar-refractivity contribution >= 4 is 29.7 Å². The van der Waals surface area contributed by atoms with Gasteiger partial charge >= 0.3 is 6.61 Å². The van der Waals surface area contributed by atoms with Crippen molar-refractivity contribution in [1.82, 2.24) is 10.3 Å². The minimum Gasteiger partial charge on any atom is -0.434 e. The Kier molecular flexibility index (Phi) is 7.34. The first kappa shape index (κ1) is 19.3. The molecule has 5 nitrogen and oxygen atoms in total. The minimum absolute atomic E-state index is 0. The number of benzene rings is 1. The fraction of sp³-hybridized carbons (Fsp3) is 0.286. The maximum absolute atomic E-state index is 12.4. The zero-order valence-electron chi connectivity index (χ0n) is 12.2. The van der Waals surface area contributed by atoms with Crippen LogP contribution in [0.2, 0.25) is 0 Å². The number of nitrogens with zero attached hydrogens (tertiary/aromatic N) is 1. The van der Waals surface area contributed by atoms with Crippen LogP contribution in [-0.4, -0.2) is 17.5 Å². The molecule has 2 aromatic rings. The summed E-state index contributed by atoms with van der Waals surface area (Å²) in [6.45, 7) is -0.977. The van der Waals surface area contributed by atoms with E-state index >= 15 is 0 Å². The van der Waals surface area contributed by atoms with Gasteiger partial charge in [0.05, 0.1) is 6.04 Å². The van der Waals surface area contributed by atoms with Crippen molar-refractivity contribution < 1.29 is 18.3 Å². The molecule has 0 radical (unpaired) electrons. The van der Waals surface area contributed by atoms with Crippen molar-refractivity contribution in [2.45, 2.75) is 26.1 Å². The average molecular weight is 364 g/mol. The SMILES string of the molecule is CC(NC(=O)c1csc(CN)n1)c1ccccc1OC(F)F.Cl. The number of ether oxygens (including phenoxy) is 1. The Labute approximate surface area is 142 Å². The fourth-order valence-electron chi connectivity index (χ4n) is 1.90. The molecule has 1 heterocycles. The molecule has 126 valence electrons. The molecule has 9 heteroatoms. The van der Waals surface area contributed by atoms with Gasteiger partial charge in [0.15, 0.2) is 0 Å². The van der Waals surface area contributed by atoms with E-state index < -0.39 is 18.6 Å². The van der Waals surface area contributed by atoms with E-state index in [1.165, 1.54) is 17.4 Å². The predicted molar refractivity (Wildman–Crippen MR) is 86.2 cm³/mol. The summed E-state index contributed by atoms with van der Waals surface area (Å²) in [6, 6.07) is 5.81. The summed E-state index contributed by atoms with van der Waals surface area (Å²) in [5.41, 5.74) is 6.17. The first-order valence-corrected chi connectivity index (χ1v) is 7.38. The normalized spacial score (nSPS) is 11.7. The Hall–Kier alpha value is -1.77. The zero-order valence-corrected chi connectivity index (χ0v) is 13.8. The van der Waals surface area contributed by atoms with E-state index in [4.69, 9.17) is 5.73 Å². The van der Waals surface area contributed by atoms with Gasteiger partial charge in [0.2, 0.25) is 0 Å². The van der Waals surface area contributed by atoms with E-state index in [1.54, 1.807) is 30.5 Å². The van der Waals surface area contributed by atoms with E-state index in [0.717, 1.165) is 0 Å². The Morgan fingerprint density at radius 3 is 2.74 bits per heavy atom. The van der Waals surface area contributed by atoms with Crippen molar-refractivity contribution in [3.8, 4) is 5.75 Å². The van der Waals surface area contributed by atoms with Gasteiger partial charge in [0.25, 0.3) is 5.91 Å². The van der Waals surface area contributed by atoms with E-state index in [9.17, 15) is 13.6 Å². The van der Waals surface area contributed by atoms with Gasteiger partial charge in [0.1, 0.15) is 16.5 Å². The van der Waals surface area contributed by atoms with E-state index in [1.807, 2.05) is 0 Å². The lowest BCUT2D eigenvalue weighted by Gasteiger charge is -2.17. The van der Waals surface area contributed by atoms with Crippen LogP contribution in [0.3, 0.4) is 0 Å². The Morgan fingerprint density at radius 1 is 1.43 bits per heavy atom. The highest BCUT2D eigenvalue weighted by Gasteiger charge is 2.18. The van der Waals surface area contributed by atoms with Crippen LogP contribution in [0, 0.1) is 0 Å². The molecule has 0 spiro atoms. The summed E-state index contributed by atoms with van der Waals surface area (Å²) in [7, 11) is 0. The largest absolute Gasteiger partial charge is 0.434 e. The van der Waals surface area contributed by atoms with E-state index in [0.29, 0.717) is 10.6 Å². The number of carbonyl (C=O) groups excluding carboxylic acids is 1. The number of thiazole rings is 1. The third-order valence-electron chi connectivity index (χ3n) is 2.91. The number of carbonyl (C=O) groups is 1. The highest BCUT2D eigenvalue weighted by Crippen LogP contribution is 2.26. The van der Waals surface area contributed by atoms with Crippen molar-refractivity contribution in [1.29, 1.82) is 0 Å². The molecule has 1 atom stereocenters. The summed E-state index contributed by atoms with van der Waals surface area (Å²) in [6.07, 6.45) is 0. The van der Waals surface area contributed by atoms with Crippen molar-refractivity contribution in [3.63, 3.8) is 0 Å². The van der Waals surface area contributed by atoms with Gasteiger partial charge in [-0.3, -0.25) is 4.79 Å². The number of rotatable bonds is 6. The molecule has 0 aliphatic carbocycles. The maximum atomic E-state index is 12.4. The number of nitrogens with one attached hydrogen (secondary N) is 1. The molecule has 3 N–H and O–H groups in total. The zero-order chi connectivity index (χ0) is 16.1. The van der Waals surface area contributed by atoms with Crippen LogP contribution in [-0.2, 0) is 6.54 Å². The van der Waals surface area contributed by atoms with E-state index in [2.05, 4.69) is 15.0 Å². The van der Waals surface area contributed by atoms with Gasteiger partial charge in [-0.15, -0.1) is 23.7 Å². The van der Waals surface area contributed by atoms with E-state index in [-0.39, 0.29) is 30.4 Å². The van der Waals surface area contributed by atoms with Crippen LogP contribution in [0.25, 0.3) is 0 Å². The molecule has 1 aromatic carbocycles. The Morgan fingerprint density at radius 2 is 2.13 bits per heavy atom. The van der Waals surface area contributed by atoms with Crippen molar-refractivity contribution in [3.05, 3.63) is 45.9 Å². The Balaban J connectivity index is 0.00000264. The molecule has 0 saturated heterocycles. The molecule has 1 amide bonds. The van der Waals surface area contributed by atoms with Crippen LogP contribution >= 0.6 is 23.7 Å². The summed E-state index contributed by atoms with van der Waals surface area (Å²) < 4.78 is 29.3. The topological polar surface area (TPSA) is 77.2 Å². The second kappa shape index (κ2) is 8.76. The molecular formula is C14H16ClF2N3O2S. The highest BCUT2D eigenvalue weighted by atomic mass is 35.5. The second-order valence-corrected chi connectivity index (χ2v) is 5.38. The molecule has 2 rings (SSSR count). The van der Waals surface area contributed by atoms with Gasteiger partial charge in [-0.2, -0.15) is 8.78 Å². The van der Waals surface area contributed by atoms with Crippen LogP contribution in [0.1, 0.15) is 34.0 Å². The number of nitrogens with two attached hydrogens (primary N) is 1. The van der Waals surface area contributed by atoms with Gasteiger partial charge < -0.3 is 15.8 Å². The van der Waals surface area contributed by atoms with Crippen LogP contribution in [0.4, 0.5) is 8.78 Å². The number of amides is 1. The van der Waals surface area contributed by atoms with Crippen LogP contribution in [0.5, 0.6) is 5.75 Å². The molecule has 0 aliphatic heterocycles. The van der Waals surface area contributed by atoms with Crippen LogP contribution in [0.15, 0.2) is 29.6 Å². The highest BCUT2D eigenvalue weighted by molar-refractivity contribution is 7.09. The minimum atomic E-state index is -2.92. The molecule has 0 aliphatic rings. The summed E-state index contributed by atoms with van der Waals surface area (Å²) in [5.74, 6) is -0.360. The maximum Gasteiger partial charge on any atom is 0.387 e. The molecule has 0 saturated carbocycles. The first-order chi connectivity index (χ1) is 10.5. The van der Waals surface area contributed by atoms with Gasteiger partial charge in [-0.1, -0.05) is 18.2 Å². The predicted octanol–water partition coefficient (Wildman–Crippen LogP) is 3.12. The fourth-order valence-corrected chi connectivity index (χ4v) is 2.55. The molecule has 1 unspecified atom stereocenters. The Bertz CT molecular complexity index is 654. The molecule has 1 aromatic heterocycles. The monoisotopic (exact) mass is 363 g/mol. The lowest BCUT2D eigenvalue weighted by molar-refractivity contribution is -0.0506. The third-order valence-corrected chi connectivity index (χ3v) is 3.78. The number of halogens is 3. The number of hydrogen-bond donors (Lipinski definition) is 2. The second-order valence-electron chi connectivity index (χ2n) is 4.44. The number of aromatic nitrogens is 1.